The van der Waals surface area contributed by atoms with Crippen LogP contribution in [0.3, 0.4) is 0 Å². The zero-order valence-corrected chi connectivity index (χ0v) is 12.2. The molecule has 0 amide bonds. The third kappa shape index (κ3) is 2.68. The van der Waals surface area contributed by atoms with Gasteiger partial charge in [0.25, 0.3) is 0 Å². The smallest absolute Gasteiger partial charge is 0.187 e. The van der Waals surface area contributed by atoms with Gasteiger partial charge in [-0.3, -0.25) is 0 Å². The second kappa shape index (κ2) is 5.71. The van der Waals surface area contributed by atoms with Crippen LogP contribution in [0.15, 0.2) is 60.7 Å². The fraction of sp³-hybridized carbons (Fsp3) is 0.0526. The third-order valence-corrected chi connectivity index (χ3v) is 3.55. The van der Waals surface area contributed by atoms with E-state index in [1.54, 1.807) is 6.07 Å². The number of hydrogen-bond acceptors (Lipinski definition) is 2. The van der Waals surface area contributed by atoms with E-state index < -0.39 is 0 Å². The first-order valence-corrected chi connectivity index (χ1v) is 6.99. The first-order chi connectivity index (χ1) is 10.7. The molecule has 2 aromatic carbocycles. The Morgan fingerprint density at radius 3 is 2.14 bits per heavy atom. The predicted molar refractivity (Wildman–Crippen MR) is 90.5 cm³/mol. The number of nitrogen functional groups attached to an aromatic ring is 1. The average Bonchev–Trinajstić information content (AvgIpc) is 2.56. The highest BCUT2D eigenvalue weighted by Gasteiger charge is 2.10. The molecule has 1 heterocycles. The van der Waals surface area contributed by atoms with Gasteiger partial charge in [0.1, 0.15) is 5.82 Å². The maximum absolute atomic E-state index is 7.04. The van der Waals surface area contributed by atoms with Crippen LogP contribution in [0, 0.1) is 13.5 Å². The molecule has 2 N–H and O–H groups in total. The molecule has 0 atom stereocenters. The van der Waals surface area contributed by atoms with Crippen LogP contribution in [0.4, 0.5) is 11.5 Å². The van der Waals surface area contributed by atoms with Crippen LogP contribution >= 0.6 is 0 Å². The van der Waals surface area contributed by atoms with Gasteiger partial charge < -0.3 is 5.73 Å². The van der Waals surface area contributed by atoms with Crippen LogP contribution < -0.4 is 5.73 Å². The molecule has 0 aliphatic rings. The molecule has 0 fully saturated rings. The molecule has 0 aliphatic heterocycles. The molecule has 0 spiro atoms. The summed E-state index contributed by atoms with van der Waals surface area (Å²) in [5.41, 5.74) is 11.6. The summed E-state index contributed by atoms with van der Waals surface area (Å²) in [6.07, 6.45) is 0. The van der Waals surface area contributed by atoms with Crippen LogP contribution in [0.1, 0.15) is 5.56 Å². The molecule has 106 valence electrons. The van der Waals surface area contributed by atoms with Crippen molar-refractivity contribution in [3.8, 4) is 22.4 Å². The highest BCUT2D eigenvalue weighted by molar-refractivity contribution is 5.82. The zero-order valence-electron chi connectivity index (χ0n) is 12.2. The Balaban J connectivity index is 2.15. The van der Waals surface area contributed by atoms with E-state index in [1.807, 2.05) is 42.5 Å². The van der Waals surface area contributed by atoms with Gasteiger partial charge in [0.2, 0.25) is 0 Å². The molecule has 3 heteroatoms. The molecule has 22 heavy (non-hydrogen) atoms. The standard InChI is InChI=1S/C19H15N3/c1-13-3-5-15(6-4-13)19-17(11-12-18(20)22-19)14-7-9-16(21-2)10-8-14/h3-12H,1H3,(H2,20,22). The molecule has 0 bridgehead atoms. The summed E-state index contributed by atoms with van der Waals surface area (Å²) in [6.45, 7) is 9.10. The summed E-state index contributed by atoms with van der Waals surface area (Å²) < 4.78 is 0. The summed E-state index contributed by atoms with van der Waals surface area (Å²) in [5.74, 6) is 0.497. The Morgan fingerprint density at radius 1 is 0.864 bits per heavy atom. The van der Waals surface area contributed by atoms with Gasteiger partial charge in [-0.25, -0.2) is 9.83 Å². The normalized spacial score (nSPS) is 10.2. The fourth-order valence-electron chi connectivity index (χ4n) is 2.35. The Morgan fingerprint density at radius 2 is 1.50 bits per heavy atom. The number of rotatable bonds is 2. The number of aromatic nitrogens is 1. The molecular weight excluding hydrogens is 270 g/mol. The van der Waals surface area contributed by atoms with Gasteiger partial charge in [-0.15, -0.1) is 0 Å². The molecule has 3 rings (SSSR count). The summed E-state index contributed by atoms with van der Waals surface area (Å²) in [4.78, 5) is 7.93. The molecule has 1 aromatic heterocycles. The van der Waals surface area contributed by atoms with Crippen molar-refractivity contribution in [2.45, 2.75) is 6.92 Å². The quantitative estimate of drug-likeness (QED) is 0.683. The van der Waals surface area contributed by atoms with E-state index in [4.69, 9.17) is 12.3 Å². The van der Waals surface area contributed by atoms with Crippen molar-refractivity contribution >= 4 is 11.5 Å². The number of benzene rings is 2. The Hall–Kier alpha value is -3.12. The average molecular weight is 285 g/mol. The van der Waals surface area contributed by atoms with Gasteiger partial charge in [0.15, 0.2) is 5.69 Å². The summed E-state index contributed by atoms with van der Waals surface area (Å²) in [7, 11) is 0. The van der Waals surface area contributed by atoms with Gasteiger partial charge in [-0.05, 0) is 24.6 Å². The van der Waals surface area contributed by atoms with Crippen LogP contribution in [0.25, 0.3) is 27.2 Å². The van der Waals surface area contributed by atoms with Gasteiger partial charge in [-0.1, -0.05) is 54.1 Å². The Kier molecular flexibility index (Phi) is 3.59. The van der Waals surface area contributed by atoms with E-state index in [1.165, 1.54) is 5.56 Å². The van der Waals surface area contributed by atoms with Crippen LogP contribution in [0.2, 0.25) is 0 Å². The molecule has 3 aromatic rings. The topological polar surface area (TPSA) is 43.3 Å². The zero-order chi connectivity index (χ0) is 15.5. The van der Waals surface area contributed by atoms with Crippen molar-refractivity contribution in [3.05, 3.63) is 77.6 Å². The number of pyridine rings is 1. The number of anilines is 1. The van der Waals surface area contributed by atoms with E-state index in [-0.39, 0.29) is 0 Å². The SMILES string of the molecule is [C-]#[N+]c1ccc(-c2ccc(N)nc2-c2ccc(C)cc2)cc1. The van der Waals surface area contributed by atoms with Gasteiger partial charge in [0, 0.05) is 11.1 Å². The van der Waals surface area contributed by atoms with E-state index in [2.05, 4.69) is 28.9 Å². The molecule has 3 nitrogen and oxygen atoms in total. The van der Waals surface area contributed by atoms with Crippen molar-refractivity contribution in [2.75, 3.05) is 5.73 Å². The Bertz CT molecular complexity index is 841. The highest BCUT2D eigenvalue weighted by Crippen LogP contribution is 2.32. The van der Waals surface area contributed by atoms with Gasteiger partial charge >= 0.3 is 0 Å². The molecule has 0 aliphatic carbocycles. The van der Waals surface area contributed by atoms with Crippen molar-refractivity contribution in [2.24, 2.45) is 0 Å². The molecule has 0 saturated carbocycles. The molecular formula is C19H15N3. The first kappa shape index (κ1) is 13.8. The fourth-order valence-corrected chi connectivity index (χ4v) is 2.35. The number of aryl methyl sites for hydroxylation is 1. The predicted octanol–water partition coefficient (Wildman–Crippen LogP) is 4.86. The van der Waals surface area contributed by atoms with Crippen LogP contribution in [0.5, 0.6) is 0 Å². The molecule has 0 saturated heterocycles. The minimum Gasteiger partial charge on any atom is -0.384 e. The van der Waals surface area contributed by atoms with Crippen molar-refractivity contribution in [1.82, 2.24) is 4.98 Å². The number of nitrogens with zero attached hydrogens (tertiary/aromatic N) is 2. The lowest BCUT2D eigenvalue weighted by Crippen LogP contribution is -1.95. The summed E-state index contributed by atoms with van der Waals surface area (Å²) >= 11 is 0. The maximum Gasteiger partial charge on any atom is 0.187 e. The first-order valence-electron chi connectivity index (χ1n) is 6.99. The monoisotopic (exact) mass is 285 g/mol. The largest absolute Gasteiger partial charge is 0.384 e. The maximum atomic E-state index is 7.04. The second-order valence-corrected chi connectivity index (χ2v) is 5.16. The van der Waals surface area contributed by atoms with Crippen molar-refractivity contribution in [1.29, 1.82) is 0 Å². The van der Waals surface area contributed by atoms with E-state index in [9.17, 15) is 0 Å². The van der Waals surface area contributed by atoms with Crippen molar-refractivity contribution < 1.29 is 0 Å². The summed E-state index contributed by atoms with van der Waals surface area (Å²) in [6, 6.07) is 19.5. The van der Waals surface area contributed by atoms with Crippen LogP contribution in [-0.4, -0.2) is 4.98 Å². The van der Waals surface area contributed by atoms with Gasteiger partial charge in [-0.2, -0.15) is 0 Å². The van der Waals surface area contributed by atoms with Crippen LogP contribution in [-0.2, 0) is 0 Å². The summed E-state index contributed by atoms with van der Waals surface area (Å²) in [5, 5.41) is 0. The van der Waals surface area contributed by atoms with E-state index in [0.717, 1.165) is 22.4 Å². The minimum atomic E-state index is 0.497. The van der Waals surface area contributed by atoms with Crippen molar-refractivity contribution in [3.63, 3.8) is 0 Å². The van der Waals surface area contributed by atoms with Gasteiger partial charge in [0.05, 0.1) is 12.3 Å². The van der Waals surface area contributed by atoms with E-state index >= 15 is 0 Å². The third-order valence-electron chi connectivity index (χ3n) is 3.55. The highest BCUT2D eigenvalue weighted by atomic mass is 14.8. The van der Waals surface area contributed by atoms with E-state index in [0.29, 0.717) is 11.5 Å². The Labute approximate surface area is 129 Å². The lowest BCUT2D eigenvalue weighted by atomic mass is 9.98. The molecule has 0 radical (unpaired) electrons. The lowest BCUT2D eigenvalue weighted by Gasteiger charge is -2.10. The molecule has 0 unspecified atom stereocenters. The minimum absolute atomic E-state index is 0.497. The second-order valence-electron chi connectivity index (χ2n) is 5.16. The number of hydrogen-bond donors (Lipinski definition) is 1. The lowest BCUT2D eigenvalue weighted by molar-refractivity contribution is 1.33. The number of nitrogens with two attached hydrogens (primary N) is 1.